The van der Waals surface area contributed by atoms with Gasteiger partial charge in [0.2, 0.25) is 11.8 Å². The van der Waals surface area contributed by atoms with Crippen LogP contribution in [0.2, 0.25) is 0 Å². The molecule has 20 nitrogen and oxygen atoms in total. The molecule has 8 N–H and O–H groups in total. The fourth-order valence-electron chi connectivity index (χ4n) is 6.55. The third kappa shape index (κ3) is 18.3. The van der Waals surface area contributed by atoms with Gasteiger partial charge in [0.1, 0.15) is 6.04 Å². The van der Waals surface area contributed by atoms with E-state index in [-0.39, 0.29) is 114 Å². The van der Waals surface area contributed by atoms with Crippen molar-refractivity contribution in [3.8, 4) is 0 Å². The molecule has 57 heavy (non-hydrogen) atoms. The first-order valence-corrected chi connectivity index (χ1v) is 18.8. The van der Waals surface area contributed by atoms with Gasteiger partial charge in [-0.2, -0.15) is 0 Å². The summed E-state index contributed by atoms with van der Waals surface area (Å²) in [5.74, 6) is -5.13. The van der Waals surface area contributed by atoms with Crippen LogP contribution >= 0.6 is 0 Å². The second-order valence-corrected chi connectivity index (χ2v) is 14.1. The van der Waals surface area contributed by atoms with E-state index in [0.29, 0.717) is 50.1 Å². The maximum atomic E-state index is 12.9. The quantitative estimate of drug-likeness (QED) is 0.0514. The number of nitrogens with zero attached hydrogens (tertiary/aromatic N) is 5. The molecular formula is C35H55BCuN8O12. The first kappa shape index (κ1) is 49.0. The van der Waals surface area contributed by atoms with Gasteiger partial charge in [0, 0.05) is 100 Å². The Labute approximate surface area is 342 Å². The zero-order valence-electron chi connectivity index (χ0n) is 32.1. The SMILES string of the molecule is C[C@@H](NC(=O)c1ccc(NCC(=O)CCCNC(=O)CN2CCN(CC(=O)O)CCN(CC(=O)O)CCN(CC(=O)O)CC2)cc1)C(=O)N1CCC[C@H]1B(O)O.[Cu]. The minimum absolute atomic E-state index is 0. The maximum absolute atomic E-state index is 12.9. The molecule has 2 fully saturated rings. The summed E-state index contributed by atoms with van der Waals surface area (Å²) >= 11 is 0. The van der Waals surface area contributed by atoms with Crippen molar-refractivity contribution in [3.05, 3.63) is 29.8 Å². The van der Waals surface area contributed by atoms with Crippen molar-refractivity contribution >= 4 is 54.2 Å². The van der Waals surface area contributed by atoms with Gasteiger partial charge in [-0.05, 0) is 50.5 Å². The molecule has 0 bridgehead atoms. The molecule has 1 aromatic carbocycles. The number of Topliss-reactive ketones (excluding diaryl/α,β-unsaturated/α-hetero) is 1. The topological polar surface area (TPSA) is 273 Å². The number of nitrogens with one attached hydrogen (secondary N) is 3. The van der Waals surface area contributed by atoms with E-state index >= 15 is 0 Å². The number of carbonyl (C=O) groups excluding carboxylic acids is 4. The number of carboxylic acids is 3. The van der Waals surface area contributed by atoms with Crippen LogP contribution in [0.3, 0.4) is 0 Å². The smallest absolute Gasteiger partial charge is 0.475 e. The average molecular weight is 854 g/mol. The summed E-state index contributed by atoms with van der Waals surface area (Å²) in [7, 11) is -1.65. The van der Waals surface area contributed by atoms with E-state index in [1.807, 2.05) is 4.90 Å². The number of anilines is 1. The van der Waals surface area contributed by atoms with Crippen molar-refractivity contribution in [1.82, 2.24) is 35.1 Å². The molecule has 0 unspecified atom stereocenters. The Bertz CT molecular complexity index is 1480. The molecule has 2 atom stereocenters. The van der Waals surface area contributed by atoms with Gasteiger partial charge in [-0.1, -0.05) is 0 Å². The van der Waals surface area contributed by atoms with Crippen LogP contribution in [0.1, 0.15) is 43.0 Å². The Hall–Kier alpha value is -4.15. The zero-order chi connectivity index (χ0) is 41.2. The number of carboxylic acid groups (broad SMARTS) is 3. The predicted molar refractivity (Wildman–Crippen MR) is 203 cm³/mol. The molecule has 3 rings (SSSR count). The van der Waals surface area contributed by atoms with Crippen molar-refractivity contribution < 1.29 is 76.0 Å². The summed E-state index contributed by atoms with van der Waals surface area (Å²) in [5.41, 5.74) is 0.890. The van der Waals surface area contributed by atoms with Crippen molar-refractivity contribution in [2.45, 2.75) is 44.6 Å². The number of likely N-dealkylation sites (tertiary alicyclic amines) is 1. The number of carbonyl (C=O) groups is 7. The van der Waals surface area contributed by atoms with E-state index in [1.54, 1.807) is 39.0 Å². The van der Waals surface area contributed by atoms with Gasteiger partial charge in [0.25, 0.3) is 5.91 Å². The van der Waals surface area contributed by atoms with Crippen LogP contribution in [0.5, 0.6) is 0 Å². The summed E-state index contributed by atoms with van der Waals surface area (Å²) in [5, 5.41) is 55.6. The molecule has 2 aliphatic heterocycles. The van der Waals surface area contributed by atoms with Crippen molar-refractivity contribution in [2.24, 2.45) is 0 Å². The van der Waals surface area contributed by atoms with E-state index in [4.69, 9.17) is 0 Å². The Morgan fingerprint density at radius 3 is 1.67 bits per heavy atom. The second kappa shape index (κ2) is 25.3. The van der Waals surface area contributed by atoms with Gasteiger partial charge < -0.3 is 46.2 Å². The zero-order valence-corrected chi connectivity index (χ0v) is 33.0. The normalized spacial score (nSPS) is 18.2. The number of amides is 3. The van der Waals surface area contributed by atoms with Crippen LogP contribution in [-0.2, 0) is 45.8 Å². The molecule has 0 saturated carbocycles. The van der Waals surface area contributed by atoms with Gasteiger partial charge >= 0.3 is 25.0 Å². The molecule has 22 heteroatoms. The number of aliphatic carboxylic acids is 3. The molecule has 2 aliphatic rings. The van der Waals surface area contributed by atoms with Crippen molar-refractivity contribution in [3.63, 3.8) is 0 Å². The third-order valence-corrected chi connectivity index (χ3v) is 9.61. The molecule has 2 saturated heterocycles. The summed E-state index contributed by atoms with van der Waals surface area (Å²) in [6, 6.07) is 5.47. The number of ketones is 1. The number of hydrogen-bond acceptors (Lipinski definition) is 14. The third-order valence-electron chi connectivity index (χ3n) is 9.61. The van der Waals surface area contributed by atoms with Crippen LogP contribution in [0.15, 0.2) is 24.3 Å². The average Bonchev–Trinajstić information content (AvgIpc) is 3.63. The second-order valence-electron chi connectivity index (χ2n) is 14.1. The minimum atomic E-state index is -1.65. The molecular weight excluding hydrogens is 799 g/mol. The largest absolute Gasteiger partial charge is 0.480 e. The summed E-state index contributed by atoms with van der Waals surface area (Å²) in [4.78, 5) is 93.5. The van der Waals surface area contributed by atoms with E-state index in [9.17, 15) is 58.9 Å². The number of rotatable bonds is 19. The summed E-state index contributed by atoms with van der Waals surface area (Å²) in [6.45, 7) is 3.61. The van der Waals surface area contributed by atoms with Crippen LogP contribution < -0.4 is 16.0 Å². The van der Waals surface area contributed by atoms with Gasteiger partial charge in [-0.15, -0.1) is 0 Å². The van der Waals surface area contributed by atoms with Crippen LogP contribution in [0, 0.1) is 0 Å². The van der Waals surface area contributed by atoms with Gasteiger partial charge in [0.15, 0.2) is 5.78 Å². The molecule has 0 spiro atoms. The monoisotopic (exact) mass is 853 g/mol. The molecule has 321 valence electrons. The predicted octanol–water partition coefficient (Wildman–Crippen LogP) is -2.84. The molecule has 2 heterocycles. The minimum Gasteiger partial charge on any atom is -0.480 e. The Balaban J connectivity index is 0.0000112. The number of hydrogen-bond donors (Lipinski definition) is 8. The van der Waals surface area contributed by atoms with Crippen LogP contribution in [0.25, 0.3) is 0 Å². The fourth-order valence-corrected chi connectivity index (χ4v) is 6.55. The summed E-state index contributed by atoms with van der Waals surface area (Å²) < 4.78 is 0. The van der Waals surface area contributed by atoms with E-state index in [1.165, 1.54) is 11.8 Å². The molecule has 1 aromatic rings. The molecule has 0 aromatic heterocycles. The standard InChI is InChI=1S/C35H55BN8O12.Cu/c1-25(35(54)44-11-3-5-29(44)36(55)56)39-34(53)26-6-8-27(9-7-26)38-20-28(45)4-2-10-37-30(46)21-40-12-14-41(22-31(47)48)16-18-43(24-33(51)52)19-17-42(15-13-40)23-32(49)50;/h6-9,25,29,38,55-56H,2-5,10-24H2,1H3,(H,37,46)(H,39,53)(H,47,48)(H,49,50)(H,51,52);/t25-,29+;/m1./s1. The van der Waals surface area contributed by atoms with Crippen molar-refractivity contribution in [2.75, 3.05) is 103 Å². The molecule has 0 aliphatic carbocycles. The Morgan fingerprint density at radius 1 is 0.737 bits per heavy atom. The van der Waals surface area contributed by atoms with Gasteiger partial charge in [-0.25, -0.2) is 0 Å². The maximum Gasteiger partial charge on any atom is 0.475 e. The Morgan fingerprint density at radius 2 is 1.21 bits per heavy atom. The van der Waals surface area contributed by atoms with Crippen molar-refractivity contribution in [1.29, 1.82) is 0 Å². The van der Waals surface area contributed by atoms with Crippen LogP contribution in [0.4, 0.5) is 5.69 Å². The van der Waals surface area contributed by atoms with E-state index < -0.39 is 48.8 Å². The molecule has 3 amide bonds. The fraction of sp³-hybridized carbons (Fsp3) is 0.629. The van der Waals surface area contributed by atoms with E-state index in [2.05, 4.69) is 16.0 Å². The van der Waals surface area contributed by atoms with Crippen LogP contribution in [-0.4, -0.2) is 209 Å². The van der Waals surface area contributed by atoms with Gasteiger partial charge in [-0.3, -0.25) is 53.2 Å². The first-order valence-electron chi connectivity index (χ1n) is 18.8. The molecule has 1 radical (unpaired) electrons. The first-order chi connectivity index (χ1) is 26.6. The summed E-state index contributed by atoms with van der Waals surface area (Å²) in [6.07, 6.45) is 1.67. The number of benzene rings is 1. The van der Waals surface area contributed by atoms with Gasteiger partial charge in [0.05, 0.1) is 38.7 Å². The van der Waals surface area contributed by atoms with E-state index in [0.717, 1.165) is 0 Å². The Kier molecular flexibility index (Phi) is 21.7.